The molecule has 0 radical (unpaired) electrons. The first-order valence-corrected chi connectivity index (χ1v) is 10.8. The van der Waals surface area contributed by atoms with Crippen LogP contribution < -0.4 is 25.0 Å². The zero-order valence-corrected chi connectivity index (χ0v) is 18.3. The van der Waals surface area contributed by atoms with Gasteiger partial charge in [0, 0.05) is 31.4 Å². The maximum absolute atomic E-state index is 12.2. The number of rotatable bonds is 7. The zero-order chi connectivity index (χ0) is 22.1. The van der Waals surface area contributed by atoms with Crippen molar-refractivity contribution in [2.24, 2.45) is 0 Å². The van der Waals surface area contributed by atoms with Crippen LogP contribution in [0.25, 0.3) is 0 Å². The van der Waals surface area contributed by atoms with Crippen LogP contribution in [0, 0.1) is 0 Å². The van der Waals surface area contributed by atoms with Crippen molar-refractivity contribution in [2.75, 3.05) is 44.1 Å². The lowest BCUT2D eigenvalue weighted by Gasteiger charge is -2.22. The van der Waals surface area contributed by atoms with Crippen LogP contribution in [-0.2, 0) is 16.0 Å². The SMILES string of the molecule is COc1ccc(NC(=O)C(=O)NCCc2ccc(N3CCCCCC3)cc2)c(OC)c1. The van der Waals surface area contributed by atoms with Crippen LogP contribution >= 0.6 is 0 Å². The van der Waals surface area contributed by atoms with Gasteiger partial charge in [-0.15, -0.1) is 0 Å². The molecule has 3 rings (SSSR count). The molecule has 0 atom stereocenters. The Balaban J connectivity index is 1.46. The summed E-state index contributed by atoms with van der Waals surface area (Å²) in [6, 6.07) is 13.4. The van der Waals surface area contributed by atoms with Gasteiger partial charge in [-0.2, -0.15) is 0 Å². The van der Waals surface area contributed by atoms with Gasteiger partial charge in [0.1, 0.15) is 11.5 Å². The minimum atomic E-state index is -0.736. The standard InChI is InChI=1S/C24H31N3O4/c1-30-20-11-12-21(22(17-20)31-2)26-24(29)23(28)25-14-13-18-7-9-19(10-8-18)27-15-5-3-4-6-16-27/h7-12,17H,3-6,13-16H2,1-2H3,(H,25,28)(H,26,29). The van der Waals surface area contributed by atoms with Crippen molar-refractivity contribution < 1.29 is 19.1 Å². The molecule has 1 fully saturated rings. The van der Waals surface area contributed by atoms with Crippen molar-refractivity contribution >= 4 is 23.2 Å². The van der Waals surface area contributed by atoms with Gasteiger partial charge in [-0.3, -0.25) is 9.59 Å². The predicted octanol–water partition coefficient (Wildman–Crippen LogP) is 3.38. The van der Waals surface area contributed by atoms with Gasteiger partial charge in [-0.25, -0.2) is 0 Å². The Morgan fingerprint density at radius 1 is 0.903 bits per heavy atom. The predicted molar refractivity (Wildman–Crippen MR) is 122 cm³/mol. The van der Waals surface area contributed by atoms with Crippen molar-refractivity contribution in [1.82, 2.24) is 5.32 Å². The summed E-state index contributed by atoms with van der Waals surface area (Å²) in [5, 5.41) is 5.24. The molecule has 0 aliphatic carbocycles. The largest absolute Gasteiger partial charge is 0.497 e. The van der Waals surface area contributed by atoms with Gasteiger partial charge in [-0.05, 0) is 49.1 Å². The summed E-state index contributed by atoms with van der Waals surface area (Å²) in [6.45, 7) is 2.61. The smallest absolute Gasteiger partial charge is 0.313 e. The molecule has 2 N–H and O–H groups in total. The number of hydrogen-bond donors (Lipinski definition) is 2. The fourth-order valence-electron chi connectivity index (χ4n) is 3.68. The van der Waals surface area contributed by atoms with Crippen LogP contribution in [0.2, 0.25) is 0 Å². The molecule has 166 valence electrons. The fourth-order valence-corrected chi connectivity index (χ4v) is 3.68. The lowest BCUT2D eigenvalue weighted by atomic mass is 10.1. The molecule has 2 amide bonds. The average molecular weight is 426 g/mol. The molecule has 2 aromatic rings. The van der Waals surface area contributed by atoms with Crippen LogP contribution in [-0.4, -0.2) is 45.7 Å². The second kappa shape index (κ2) is 11.2. The van der Waals surface area contributed by atoms with E-state index in [0.717, 1.165) is 18.7 Å². The van der Waals surface area contributed by atoms with Crippen molar-refractivity contribution in [2.45, 2.75) is 32.1 Å². The molecule has 1 aliphatic heterocycles. The number of benzene rings is 2. The molecule has 0 saturated carbocycles. The summed E-state index contributed by atoms with van der Waals surface area (Å²) >= 11 is 0. The van der Waals surface area contributed by atoms with Crippen LogP contribution in [0.3, 0.4) is 0 Å². The number of nitrogens with one attached hydrogen (secondary N) is 2. The highest BCUT2D eigenvalue weighted by atomic mass is 16.5. The van der Waals surface area contributed by atoms with E-state index in [1.54, 1.807) is 25.3 Å². The van der Waals surface area contributed by atoms with E-state index in [2.05, 4.69) is 39.8 Å². The summed E-state index contributed by atoms with van der Waals surface area (Å²) in [6.07, 6.45) is 5.78. The van der Waals surface area contributed by atoms with E-state index < -0.39 is 11.8 Å². The Morgan fingerprint density at radius 3 is 2.26 bits per heavy atom. The fraction of sp³-hybridized carbons (Fsp3) is 0.417. The summed E-state index contributed by atoms with van der Waals surface area (Å²) in [5.41, 5.74) is 2.78. The van der Waals surface area contributed by atoms with E-state index in [1.807, 2.05) is 0 Å². The zero-order valence-electron chi connectivity index (χ0n) is 18.3. The summed E-state index contributed by atoms with van der Waals surface area (Å²) in [4.78, 5) is 26.8. The highest BCUT2D eigenvalue weighted by Crippen LogP contribution is 2.28. The van der Waals surface area contributed by atoms with Crippen molar-refractivity contribution in [3.63, 3.8) is 0 Å². The number of ether oxygens (including phenoxy) is 2. The minimum absolute atomic E-state index is 0.384. The van der Waals surface area contributed by atoms with E-state index in [0.29, 0.717) is 30.2 Å². The molecule has 1 saturated heterocycles. The van der Waals surface area contributed by atoms with Gasteiger partial charge in [-0.1, -0.05) is 25.0 Å². The van der Waals surface area contributed by atoms with Crippen LogP contribution in [0.4, 0.5) is 11.4 Å². The van der Waals surface area contributed by atoms with E-state index >= 15 is 0 Å². The Morgan fingerprint density at radius 2 is 1.61 bits per heavy atom. The van der Waals surface area contributed by atoms with Crippen molar-refractivity contribution in [1.29, 1.82) is 0 Å². The number of carbonyl (C=O) groups excluding carboxylic acids is 2. The Kier molecular flexibility index (Phi) is 8.15. The topological polar surface area (TPSA) is 79.9 Å². The third-order valence-corrected chi connectivity index (χ3v) is 5.47. The number of anilines is 2. The van der Waals surface area contributed by atoms with Gasteiger partial charge >= 0.3 is 11.8 Å². The number of amides is 2. The third kappa shape index (κ3) is 6.38. The van der Waals surface area contributed by atoms with Gasteiger partial charge < -0.3 is 25.0 Å². The molecular weight excluding hydrogens is 394 g/mol. The molecule has 31 heavy (non-hydrogen) atoms. The molecule has 2 aromatic carbocycles. The molecule has 1 heterocycles. The Labute approximate surface area is 183 Å². The van der Waals surface area contributed by atoms with Gasteiger partial charge in [0.2, 0.25) is 0 Å². The highest BCUT2D eigenvalue weighted by Gasteiger charge is 2.16. The average Bonchev–Trinajstić information content (AvgIpc) is 3.09. The molecule has 0 unspecified atom stereocenters. The molecule has 7 nitrogen and oxygen atoms in total. The quantitative estimate of drug-likeness (QED) is 0.665. The normalized spacial score (nSPS) is 13.8. The van der Waals surface area contributed by atoms with Crippen LogP contribution in [0.15, 0.2) is 42.5 Å². The lowest BCUT2D eigenvalue weighted by molar-refractivity contribution is -0.136. The summed E-state index contributed by atoms with van der Waals surface area (Å²) in [5.74, 6) is -0.398. The number of carbonyl (C=O) groups is 2. The number of nitrogens with zero attached hydrogens (tertiary/aromatic N) is 1. The van der Waals surface area contributed by atoms with E-state index in [-0.39, 0.29) is 0 Å². The minimum Gasteiger partial charge on any atom is -0.497 e. The van der Waals surface area contributed by atoms with E-state index in [4.69, 9.17) is 9.47 Å². The summed E-state index contributed by atoms with van der Waals surface area (Å²) in [7, 11) is 3.03. The Bertz CT molecular complexity index is 875. The van der Waals surface area contributed by atoms with Gasteiger partial charge in [0.15, 0.2) is 0 Å². The molecule has 0 spiro atoms. The van der Waals surface area contributed by atoms with Crippen LogP contribution in [0.1, 0.15) is 31.2 Å². The van der Waals surface area contributed by atoms with Gasteiger partial charge in [0.05, 0.1) is 19.9 Å². The van der Waals surface area contributed by atoms with Crippen molar-refractivity contribution in [3.8, 4) is 11.5 Å². The van der Waals surface area contributed by atoms with Gasteiger partial charge in [0.25, 0.3) is 0 Å². The maximum atomic E-state index is 12.2. The molecule has 1 aliphatic rings. The second-order valence-electron chi connectivity index (χ2n) is 7.59. The highest BCUT2D eigenvalue weighted by molar-refractivity contribution is 6.39. The van der Waals surface area contributed by atoms with Crippen molar-refractivity contribution in [3.05, 3.63) is 48.0 Å². The maximum Gasteiger partial charge on any atom is 0.313 e. The monoisotopic (exact) mass is 425 g/mol. The molecule has 0 aromatic heterocycles. The van der Waals surface area contributed by atoms with Crippen LogP contribution in [0.5, 0.6) is 11.5 Å². The second-order valence-corrected chi connectivity index (χ2v) is 7.59. The first-order valence-electron chi connectivity index (χ1n) is 10.8. The first kappa shape index (κ1) is 22.5. The first-order chi connectivity index (χ1) is 15.1. The van der Waals surface area contributed by atoms with E-state index in [1.165, 1.54) is 38.5 Å². The third-order valence-electron chi connectivity index (χ3n) is 5.47. The molecule has 0 bridgehead atoms. The van der Waals surface area contributed by atoms with E-state index in [9.17, 15) is 9.59 Å². The Hall–Kier alpha value is -3.22. The molecule has 7 heteroatoms. The molecular formula is C24H31N3O4. The number of methoxy groups -OCH3 is 2. The number of hydrogen-bond acceptors (Lipinski definition) is 5. The lowest BCUT2D eigenvalue weighted by Crippen LogP contribution is -2.36. The summed E-state index contributed by atoms with van der Waals surface area (Å²) < 4.78 is 10.4.